The molecule has 1 aromatic heterocycles. The molecule has 0 aliphatic carbocycles. The van der Waals surface area contributed by atoms with Gasteiger partial charge >= 0.3 is 6.03 Å². The molecule has 1 atom stereocenters. The van der Waals surface area contributed by atoms with Crippen molar-refractivity contribution in [1.29, 1.82) is 0 Å². The van der Waals surface area contributed by atoms with Crippen LogP contribution in [-0.2, 0) is 0 Å². The van der Waals surface area contributed by atoms with Gasteiger partial charge in [-0.2, -0.15) is 0 Å². The summed E-state index contributed by atoms with van der Waals surface area (Å²) in [6.07, 6.45) is 3.90. The second-order valence-corrected chi connectivity index (χ2v) is 7.09. The van der Waals surface area contributed by atoms with E-state index in [1.165, 1.54) is 0 Å². The van der Waals surface area contributed by atoms with Gasteiger partial charge in [-0.05, 0) is 43.7 Å². The molecule has 0 spiro atoms. The van der Waals surface area contributed by atoms with Crippen molar-refractivity contribution in [1.82, 2.24) is 15.6 Å². The van der Waals surface area contributed by atoms with Crippen molar-refractivity contribution >= 4 is 11.8 Å². The van der Waals surface area contributed by atoms with Gasteiger partial charge in [-0.3, -0.25) is 0 Å². The number of nitrogens with one attached hydrogen (secondary N) is 2. The lowest BCUT2D eigenvalue weighted by Gasteiger charge is -2.33. The number of rotatable bonds is 6. The van der Waals surface area contributed by atoms with Crippen molar-refractivity contribution in [2.24, 2.45) is 5.92 Å². The number of amides is 2. The number of aliphatic hydroxyl groups is 1. The molecule has 1 saturated heterocycles. The zero-order valence-corrected chi connectivity index (χ0v) is 15.0. The van der Waals surface area contributed by atoms with E-state index in [1.807, 2.05) is 19.2 Å². The molecule has 1 unspecified atom stereocenters. The third-order valence-corrected chi connectivity index (χ3v) is 4.29. The van der Waals surface area contributed by atoms with Crippen LogP contribution < -0.4 is 15.5 Å². The van der Waals surface area contributed by atoms with Gasteiger partial charge in [0.25, 0.3) is 0 Å². The highest BCUT2D eigenvalue weighted by atomic mass is 16.3. The lowest BCUT2D eigenvalue weighted by Crippen LogP contribution is -2.49. The van der Waals surface area contributed by atoms with Gasteiger partial charge < -0.3 is 20.6 Å². The maximum atomic E-state index is 11.9. The molecule has 24 heavy (non-hydrogen) atoms. The first kappa shape index (κ1) is 18.5. The molecule has 0 bridgehead atoms. The van der Waals surface area contributed by atoms with Gasteiger partial charge in [0.15, 0.2) is 0 Å². The zero-order chi connectivity index (χ0) is 17.5. The Morgan fingerprint density at radius 3 is 2.67 bits per heavy atom. The molecular weight excluding hydrogens is 304 g/mol. The number of hydrogen-bond acceptors (Lipinski definition) is 4. The largest absolute Gasteiger partial charge is 0.391 e. The third kappa shape index (κ3) is 6.00. The molecular formula is C18H30N4O2. The standard InChI is InChI=1S/C18H30N4O2/c1-13(2)10-16(23)12-20-18(24)21-15-6-8-22(9-7-15)17-5-4-14(3)11-19-17/h4-5,11,13,15-16,23H,6-10,12H2,1-3H3,(H2,20,21,24). The minimum Gasteiger partial charge on any atom is -0.391 e. The highest BCUT2D eigenvalue weighted by Gasteiger charge is 2.21. The van der Waals surface area contributed by atoms with Crippen molar-refractivity contribution in [2.45, 2.75) is 52.2 Å². The van der Waals surface area contributed by atoms with E-state index >= 15 is 0 Å². The molecule has 0 aromatic carbocycles. The minimum absolute atomic E-state index is 0.175. The van der Waals surface area contributed by atoms with Gasteiger partial charge in [0.2, 0.25) is 0 Å². The van der Waals surface area contributed by atoms with Gasteiger partial charge in [0.05, 0.1) is 6.10 Å². The van der Waals surface area contributed by atoms with E-state index in [0.29, 0.717) is 18.9 Å². The molecule has 0 radical (unpaired) electrons. The molecule has 0 saturated carbocycles. The normalized spacial score (nSPS) is 17.0. The van der Waals surface area contributed by atoms with Gasteiger partial charge in [-0.15, -0.1) is 0 Å². The molecule has 2 rings (SSSR count). The predicted molar refractivity (Wildman–Crippen MR) is 96.2 cm³/mol. The van der Waals surface area contributed by atoms with Crippen LogP contribution in [0.2, 0.25) is 0 Å². The maximum absolute atomic E-state index is 11.9. The molecule has 134 valence electrons. The second kappa shape index (κ2) is 8.87. The highest BCUT2D eigenvalue weighted by molar-refractivity contribution is 5.74. The average molecular weight is 334 g/mol. The van der Waals surface area contributed by atoms with Crippen LogP contribution in [0.3, 0.4) is 0 Å². The molecule has 6 nitrogen and oxygen atoms in total. The Kier molecular flexibility index (Phi) is 6.85. The fourth-order valence-corrected chi connectivity index (χ4v) is 2.97. The van der Waals surface area contributed by atoms with Gasteiger partial charge in [0.1, 0.15) is 5.82 Å². The summed E-state index contributed by atoms with van der Waals surface area (Å²) in [4.78, 5) is 18.6. The summed E-state index contributed by atoms with van der Waals surface area (Å²) in [6.45, 7) is 8.22. The number of hydrogen-bond donors (Lipinski definition) is 3. The monoisotopic (exact) mass is 334 g/mol. The number of piperidine rings is 1. The van der Waals surface area contributed by atoms with Crippen molar-refractivity contribution in [2.75, 3.05) is 24.5 Å². The van der Waals surface area contributed by atoms with Crippen molar-refractivity contribution in [3.63, 3.8) is 0 Å². The fraction of sp³-hybridized carbons (Fsp3) is 0.667. The van der Waals surface area contributed by atoms with Gasteiger partial charge in [-0.1, -0.05) is 19.9 Å². The van der Waals surface area contributed by atoms with E-state index in [2.05, 4.69) is 40.4 Å². The number of aliphatic hydroxyl groups excluding tert-OH is 1. The van der Waals surface area contributed by atoms with Crippen LogP contribution in [0.5, 0.6) is 0 Å². The lowest BCUT2D eigenvalue weighted by atomic mass is 10.1. The number of aryl methyl sites for hydroxylation is 1. The molecule has 2 amide bonds. The number of carbonyl (C=O) groups excluding carboxylic acids is 1. The van der Waals surface area contributed by atoms with E-state index in [4.69, 9.17) is 0 Å². The van der Waals surface area contributed by atoms with Crippen LogP contribution in [0.25, 0.3) is 0 Å². The predicted octanol–water partition coefficient (Wildman–Crippen LogP) is 2.07. The zero-order valence-electron chi connectivity index (χ0n) is 15.0. The number of anilines is 1. The smallest absolute Gasteiger partial charge is 0.315 e. The van der Waals surface area contributed by atoms with E-state index < -0.39 is 6.10 Å². The molecule has 3 N–H and O–H groups in total. The topological polar surface area (TPSA) is 77.5 Å². The van der Waals surface area contributed by atoms with Crippen LogP contribution in [0.15, 0.2) is 18.3 Å². The second-order valence-electron chi connectivity index (χ2n) is 7.09. The first-order chi connectivity index (χ1) is 11.4. The summed E-state index contributed by atoms with van der Waals surface area (Å²) in [5.74, 6) is 1.42. The Bertz CT molecular complexity index is 510. The van der Waals surface area contributed by atoms with Crippen LogP contribution >= 0.6 is 0 Å². The minimum atomic E-state index is -0.481. The third-order valence-electron chi connectivity index (χ3n) is 4.29. The fourth-order valence-electron chi connectivity index (χ4n) is 2.97. The van der Waals surface area contributed by atoms with Gasteiger partial charge in [0, 0.05) is 31.9 Å². The summed E-state index contributed by atoms with van der Waals surface area (Å²) in [5.41, 5.74) is 1.16. The van der Waals surface area contributed by atoms with Crippen molar-refractivity contribution in [3.05, 3.63) is 23.9 Å². The summed E-state index contributed by atoms with van der Waals surface area (Å²) in [6, 6.07) is 4.10. The summed E-state index contributed by atoms with van der Waals surface area (Å²) >= 11 is 0. The molecule has 1 aromatic rings. The highest BCUT2D eigenvalue weighted by Crippen LogP contribution is 2.17. The van der Waals surface area contributed by atoms with Crippen LogP contribution in [0.4, 0.5) is 10.6 Å². The molecule has 6 heteroatoms. The quantitative estimate of drug-likeness (QED) is 0.744. The summed E-state index contributed by atoms with van der Waals surface area (Å²) in [7, 11) is 0. The Hall–Kier alpha value is -1.82. The summed E-state index contributed by atoms with van der Waals surface area (Å²) < 4.78 is 0. The van der Waals surface area contributed by atoms with Crippen LogP contribution in [-0.4, -0.2) is 47.9 Å². The average Bonchev–Trinajstić information content (AvgIpc) is 2.54. The van der Waals surface area contributed by atoms with E-state index in [9.17, 15) is 9.90 Å². The Balaban J connectivity index is 1.69. The molecule has 1 fully saturated rings. The summed E-state index contributed by atoms with van der Waals surface area (Å²) in [5, 5.41) is 15.6. The van der Waals surface area contributed by atoms with Crippen molar-refractivity contribution in [3.8, 4) is 0 Å². The first-order valence-corrected chi connectivity index (χ1v) is 8.84. The van der Waals surface area contributed by atoms with Crippen LogP contribution in [0, 0.1) is 12.8 Å². The Labute approximate surface area is 144 Å². The molecule has 2 heterocycles. The Morgan fingerprint density at radius 1 is 1.38 bits per heavy atom. The number of aromatic nitrogens is 1. The number of pyridine rings is 1. The number of nitrogens with zero attached hydrogens (tertiary/aromatic N) is 2. The van der Waals surface area contributed by atoms with Crippen molar-refractivity contribution < 1.29 is 9.90 Å². The first-order valence-electron chi connectivity index (χ1n) is 8.84. The SMILES string of the molecule is Cc1ccc(N2CCC(NC(=O)NCC(O)CC(C)C)CC2)nc1. The number of carbonyl (C=O) groups is 1. The van der Waals surface area contributed by atoms with E-state index in [0.717, 1.165) is 37.3 Å². The lowest BCUT2D eigenvalue weighted by molar-refractivity contribution is 0.146. The van der Waals surface area contributed by atoms with E-state index in [-0.39, 0.29) is 12.1 Å². The molecule has 1 aliphatic rings. The van der Waals surface area contributed by atoms with Crippen LogP contribution in [0.1, 0.15) is 38.7 Å². The van der Waals surface area contributed by atoms with E-state index in [1.54, 1.807) is 0 Å². The number of urea groups is 1. The Morgan fingerprint density at radius 2 is 2.08 bits per heavy atom. The maximum Gasteiger partial charge on any atom is 0.315 e. The van der Waals surface area contributed by atoms with Gasteiger partial charge in [-0.25, -0.2) is 9.78 Å². The molecule has 1 aliphatic heterocycles.